The van der Waals surface area contributed by atoms with Gasteiger partial charge in [-0.25, -0.2) is 4.98 Å². The highest BCUT2D eigenvalue weighted by molar-refractivity contribution is 7.07. The molecule has 0 saturated heterocycles. The quantitative estimate of drug-likeness (QED) is 0.856. The standard InChI is InChI=1S/C13H13ClN2OS/c14-7-11(6-10-4-2-1-3-5-10)16-13(17)12-8-18-9-15-12/h1-5,8-9,11H,6-7H2,(H,16,17). The first-order valence-electron chi connectivity index (χ1n) is 5.58. The largest absolute Gasteiger partial charge is 0.346 e. The van der Waals surface area contributed by atoms with Crippen LogP contribution in [0, 0.1) is 0 Å². The van der Waals surface area contributed by atoms with E-state index in [1.165, 1.54) is 11.3 Å². The lowest BCUT2D eigenvalue weighted by molar-refractivity contribution is 0.0936. The van der Waals surface area contributed by atoms with Crippen LogP contribution in [0.2, 0.25) is 0 Å². The summed E-state index contributed by atoms with van der Waals surface area (Å²) in [6, 6.07) is 9.88. The summed E-state index contributed by atoms with van der Waals surface area (Å²) in [6.07, 6.45) is 0.722. The lowest BCUT2D eigenvalue weighted by Crippen LogP contribution is -2.37. The zero-order chi connectivity index (χ0) is 12.8. The second-order valence-electron chi connectivity index (χ2n) is 3.89. The third-order valence-electron chi connectivity index (χ3n) is 2.51. The van der Waals surface area contributed by atoms with Crippen molar-refractivity contribution in [2.45, 2.75) is 12.5 Å². The molecule has 2 aromatic rings. The van der Waals surface area contributed by atoms with Crippen LogP contribution in [0.1, 0.15) is 16.1 Å². The molecule has 0 bridgehead atoms. The Morgan fingerprint density at radius 1 is 1.39 bits per heavy atom. The van der Waals surface area contributed by atoms with Crippen molar-refractivity contribution in [2.75, 3.05) is 5.88 Å². The van der Waals surface area contributed by atoms with Crippen LogP contribution in [0.25, 0.3) is 0 Å². The summed E-state index contributed by atoms with van der Waals surface area (Å²) in [7, 11) is 0. The molecule has 1 aromatic heterocycles. The second kappa shape index (κ2) is 6.52. The van der Waals surface area contributed by atoms with Gasteiger partial charge in [-0.2, -0.15) is 0 Å². The molecule has 1 amide bonds. The Kier molecular flexibility index (Phi) is 4.73. The first-order valence-corrected chi connectivity index (χ1v) is 7.06. The van der Waals surface area contributed by atoms with Gasteiger partial charge in [0.05, 0.1) is 5.51 Å². The Bertz CT molecular complexity index is 487. The number of thiazole rings is 1. The molecule has 1 heterocycles. The van der Waals surface area contributed by atoms with Gasteiger partial charge < -0.3 is 5.32 Å². The van der Waals surface area contributed by atoms with Crippen molar-refractivity contribution >= 4 is 28.8 Å². The highest BCUT2D eigenvalue weighted by Crippen LogP contribution is 2.06. The van der Waals surface area contributed by atoms with Gasteiger partial charge >= 0.3 is 0 Å². The van der Waals surface area contributed by atoms with E-state index in [1.807, 2.05) is 30.3 Å². The van der Waals surface area contributed by atoms with E-state index in [4.69, 9.17) is 11.6 Å². The van der Waals surface area contributed by atoms with Crippen molar-refractivity contribution in [3.63, 3.8) is 0 Å². The van der Waals surface area contributed by atoms with Crippen molar-refractivity contribution in [3.05, 3.63) is 52.5 Å². The van der Waals surface area contributed by atoms with Gasteiger partial charge in [0.15, 0.2) is 0 Å². The van der Waals surface area contributed by atoms with E-state index in [1.54, 1.807) is 10.9 Å². The monoisotopic (exact) mass is 280 g/mol. The Hall–Kier alpha value is -1.39. The summed E-state index contributed by atoms with van der Waals surface area (Å²) >= 11 is 7.29. The van der Waals surface area contributed by atoms with E-state index in [2.05, 4.69) is 10.3 Å². The zero-order valence-electron chi connectivity index (χ0n) is 9.67. The molecular formula is C13H13ClN2OS. The highest BCUT2D eigenvalue weighted by atomic mass is 35.5. The number of carbonyl (C=O) groups excluding carboxylic acids is 1. The summed E-state index contributed by atoms with van der Waals surface area (Å²) < 4.78 is 0. The van der Waals surface area contributed by atoms with Gasteiger partial charge in [-0.15, -0.1) is 22.9 Å². The molecule has 5 heteroatoms. The fourth-order valence-corrected chi connectivity index (χ4v) is 2.35. The number of benzene rings is 1. The van der Waals surface area contributed by atoms with E-state index in [9.17, 15) is 4.79 Å². The molecule has 0 fully saturated rings. The van der Waals surface area contributed by atoms with Crippen molar-refractivity contribution in [2.24, 2.45) is 0 Å². The molecule has 1 atom stereocenters. The number of hydrogen-bond acceptors (Lipinski definition) is 3. The first kappa shape index (κ1) is 13.1. The average molecular weight is 281 g/mol. The van der Waals surface area contributed by atoms with E-state index in [0.29, 0.717) is 11.6 Å². The van der Waals surface area contributed by atoms with Gasteiger partial charge in [-0.1, -0.05) is 30.3 Å². The van der Waals surface area contributed by atoms with Gasteiger partial charge in [-0.3, -0.25) is 4.79 Å². The molecule has 0 spiro atoms. The van der Waals surface area contributed by atoms with E-state index in [0.717, 1.165) is 12.0 Å². The van der Waals surface area contributed by atoms with Crippen LogP contribution in [0.4, 0.5) is 0 Å². The maximum absolute atomic E-state index is 11.8. The van der Waals surface area contributed by atoms with Crippen molar-refractivity contribution in [1.82, 2.24) is 10.3 Å². The summed E-state index contributed by atoms with van der Waals surface area (Å²) in [5.74, 6) is 0.211. The van der Waals surface area contributed by atoms with Crippen molar-refractivity contribution in [3.8, 4) is 0 Å². The van der Waals surface area contributed by atoms with E-state index >= 15 is 0 Å². The Morgan fingerprint density at radius 2 is 2.17 bits per heavy atom. The molecule has 0 aliphatic rings. The molecule has 18 heavy (non-hydrogen) atoms. The van der Waals surface area contributed by atoms with Crippen LogP contribution in [-0.4, -0.2) is 22.8 Å². The van der Waals surface area contributed by atoms with Crippen LogP contribution < -0.4 is 5.32 Å². The molecule has 0 aliphatic carbocycles. The number of nitrogens with zero attached hydrogens (tertiary/aromatic N) is 1. The van der Waals surface area contributed by atoms with Gasteiger partial charge in [0.1, 0.15) is 5.69 Å². The number of halogens is 1. The third-order valence-corrected chi connectivity index (χ3v) is 3.47. The summed E-state index contributed by atoms with van der Waals surface area (Å²) in [4.78, 5) is 15.8. The zero-order valence-corrected chi connectivity index (χ0v) is 11.2. The van der Waals surface area contributed by atoms with Crippen LogP contribution in [-0.2, 0) is 6.42 Å². The minimum atomic E-state index is -0.169. The lowest BCUT2D eigenvalue weighted by atomic mass is 10.1. The predicted molar refractivity (Wildman–Crippen MR) is 74.2 cm³/mol. The molecule has 2 rings (SSSR count). The maximum atomic E-state index is 11.8. The second-order valence-corrected chi connectivity index (χ2v) is 4.92. The number of hydrogen-bond donors (Lipinski definition) is 1. The number of rotatable bonds is 5. The average Bonchev–Trinajstić information content (AvgIpc) is 2.93. The van der Waals surface area contributed by atoms with Crippen molar-refractivity contribution in [1.29, 1.82) is 0 Å². The molecule has 0 saturated carbocycles. The van der Waals surface area contributed by atoms with Crippen LogP contribution in [0.5, 0.6) is 0 Å². The number of aromatic nitrogens is 1. The Morgan fingerprint density at radius 3 is 2.78 bits per heavy atom. The van der Waals surface area contributed by atoms with Gasteiger partial charge in [0.2, 0.25) is 0 Å². The smallest absolute Gasteiger partial charge is 0.271 e. The van der Waals surface area contributed by atoms with Gasteiger partial charge in [0.25, 0.3) is 5.91 Å². The molecular weight excluding hydrogens is 268 g/mol. The van der Waals surface area contributed by atoms with Crippen LogP contribution >= 0.6 is 22.9 Å². The molecule has 94 valence electrons. The first-order chi connectivity index (χ1) is 8.79. The summed E-state index contributed by atoms with van der Waals surface area (Å²) in [6.45, 7) is 0. The normalized spacial score (nSPS) is 12.1. The number of nitrogens with one attached hydrogen (secondary N) is 1. The minimum absolute atomic E-state index is 0.0803. The highest BCUT2D eigenvalue weighted by Gasteiger charge is 2.14. The predicted octanol–water partition coefficient (Wildman–Crippen LogP) is 2.72. The molecule has 1 N–H and O–H groups in total. The third kappa shape index (κ3) is 3.55. The number of carbonyl (C=O) groups is 1. The number of amides is 1. The van der Waals surface area contributed by atoms with Crippen LogP contribution in [0.15, 0.2) is 41.2 Å². The minimum Gasteiger partial charge on any atom is -0.346 e. The lowest BCUT2D eigenvalue weighted by Gasteiger charge is -2.15. The number of alkyl halides is 1. The van der Waals surface area contributed by atoms with Crippen molar-refractivity contribution < 1.29 is 4.79 Å². The topological polar surface area (TPSA) is 42.0 Å². The molecule has 1 unspecified atom stereocenters. The van der Waals surface area contributed by atoms with Crippen LogP contribution in [0.3, 0.4) is 0 Å². The summed E-state index contributed by atoms with van der Waals surface area (Å²) in [5.41, 5.74) is 3.24. The van der Waals surface area contributed by atoms with Gasteiger partial charge in [0, 0.05) is 17.3 Å². The molecule has 3 nitrogen and oxygen atoms in total. The fourth-order valence-electron chi connectivity index (χ4n) is 1.63. The maximum Gasteiger partial charge on any atom is 0.271 e. The molecule has 0 radical (unpaired) electrons. The van der Waals surface area contributed by atoms with E-state index < -0.39 is 0 Å². The molecule has 0 aliphatic heterocycles. The van der Waals surface area contributed by atoms with Gasteiger partial charge in [-0.05, 0) is 12.0 Å². The molecule has 1 aromatic carbocycles. The Balaban J connectivity index is 1.96. The SMILES string of the molecule is O=C(NC(CCl)Cc1ccccc1)c1cscn1. The summed E-state index contributed by atoms with van der Waals surface area (Å²) in [5, 5.41) is 4.62. The van der Waals surface area contributed by atoms with E-state index in [-0.39, 0.29) is 11.9 Å². The Labute approximate surface area is 115 Å². The fraction of sp³-hybridized carbons (Fsp3) is 0.231.